The average molecular weight is 481 g/mol. The van der Waals surface area contributed by atoms with Crippen molar-refractivity contribution in [2.75, 3.05) is 31.5 Å². The lowest BCUT2D eigenvalue weighted by molar-refractivity contribution is -0.137. The highest BCUT2D eigenvalue weighted by Crippen LogP contribution is 2.34. The highest BCUT2D eigenvalue weighted by Gasteiger charge is 2.41. The Balaban J connectivity index is 1.32. The lowest BCUT2D eigenvalue weighted by Crippen LogP contribution is -2.40. The van der Waals surface area contributed by atoms with Crippen LogP contribution in [0.5, 0.6) is 0 Å². The number of hydrogen-bond acceptors (Lipinski definition) is 5. The SMILES string of the molecule is C[C@@H](Nc1nc(Cl)nc2c1CN(C(=O)N1C[C@H]3CNC[C@H]3C1)C2)c1cccc(C(F)(F)F)c1. The fourth-order valence-electron chi connectivity index (χ4n) is 4.96. The molecule has 0 unspecified atom stereocenters. The number of fused-ring (bicyclic) bond motifs is 2. The number of benzene rings is 1. The van der Waals surface area contributed by atoms with E-state index in [9.17, 15) is 18.0 Å². The molecule has 2 amide bonds. The summed E-state index contributed by atoms with van der Waals surface area (Å²) in [5.74, 6) is 1.44. The first-order valence-corrected chi connectivity index (χ1v) is 11.3. The van der Waals surface area contributed by atoms with Crippen LogP contribution in [0.4, 0.5) is 23.8 Å². The number of carbonyl (C=O) groups is 1. The number of urea groups is 1. The molecule has 2 aromatic rings. The second-order valence-corrected chi connectivity index (χ2v) is 9.32. The van der Waals surface area contributed by atoms with Gasteiger partial charge < -0.3 is 20.4 Å². The smallest absolute Gasteiger partial charge is 0.363 e. The number of rotatable bonds is 3. The topological polar surface area (TPSA) is 73.4 Å². The van der Waals surface area contributed by atoms with Crippen molar-refractivity contribution in [3.8, 4) is 0 Å². The molecular formula is C22H24ClF3N6O. The van der Waals surface area contributed by atoms with Crippen LogP contribution in [0.25, 0.3) is 0 Å². The van der Waals surface area contributed by atoms with E-state index < -0.39 is 17.8 Å². The van der Waals surface area contributed by atoms with Crippen molar-refractivity contribution in [2.24, 2.45) is 11.8 Å². The van der Waals surface area contributed by atoms with E-state index >= 15 is 0 Å². The summed E-state index contributed by atoms with van der Waals surface area (Å²) >= 11 is 6.13. The van der Waals surface area contributed by atoms with E-state index in [1.807, 2.05) is 4.90 Å². The number of anilines is 1. The van der Waals surface area contributed by atoms with Crippen molar-refractivity contribution in [3.05, 3.63) is 51.9 Å². The highest BCUT2D eigenvalue weighted by molar-refractivity contribution is 6.28. The quantitative estimate of drug-likeness (QED) is 0.652. The van der Waals surface area contributed by atoms with Crippen molar-refractivity contribution in [1.29, 1.82) is 0 Å². The summed E-state index contributed by atoms with van der Waals surface area (Å²) in [5.41, 5.74) is 1.16. The predicted octanol–water partition coefficient (Wildman–Crippen LogP) is 3.91. The Hall–Kier alpha value is -2.59. The molecule has 176 valence electrons. The monoisotopic (exact) mass is 480 g/mol. The van der Waals surface area contributed by atoms with E-state index in [-0.39, 0.29) is 11.3 Å². The number of aromatic nitrogens is 2. The van der Waals surface area contributed by atoms with Crippen molar-refractivity contribution in [2.45, 2.75) is 32.2 Å². The van der Waals surface area contributed by atoms with Gasteiger partial charge >= 0.3 is 12.2 Å². The van der Waals surface area contributed by atoms with Crippen molar-refractivity contribution in [3.63, 3.8) is 0 Å². The third kappa shape index (κ3) is 4.33. The third-order valence-corrected chi connectivity index (χ3v) is 6.92. The summed E-state index contributed by atoms with van der Waals surface area (Å²) < 4.78 is 39.3. The average Bonchev–Trinajstić information content (AvgIpc) is 3.47. The third-order valence-electron chi connectivity index (χ3n) is 6.75. The second kappa shape index (κ2) is 8.32. The van der Waals surface area contributed by atoms with E-state index in [0.717, 1.165) is 43.9 Å². The molecule has 7 nitrogen and oxygen atoms in total. The molecule has 1 aromatic carbocycles. The number of nitrogens with one attached hydrogen (secondary N) is 2. The van der Waals surface area contributed by atoms with Gasteiger partial charge in [0.2, 0.25) is 5.28 Å². The molecule has 3 aliphatic heterocycles. The molecule has 1 aromatic heterocycles. The standard InChI is InChI=1S/C22H24ClF3N6O/c1-12(13-3-2-4-16(5-13)22(24,25)26)28-19-17-10-32(11-18(17)29-20(23)30-19)21(33)31-8-14-6-27-7-15(14)9-31/h2-5,12,14-15,27H,6-11H2,1H3,(H,28,29,30)/t12-,14-,15+/m1/s1. The van der Waals surface area contributed by atoms with Crippen LogP contribution in [0, 0.1) is 11.8 Å². The van der Waals surface area contributed by atoms with Gasteiger partial charge in [-0.3, -0.25) is 0 Å². The number of carbonyl (C=O) groups excluding carboxylic acids is 1. The zero-order chi connectivity index (χ0) is 23.3. The minimum Gasteiger partial charge on any atom is -0.363 e. The molecule has 3 atom stereocenters. The van der Waals surface area contributed by atoms with Gasteiger partial charge in [0.1, 0.15) is 5.82 Å². The molecule has 0 aliphatic carbocycles. The lowest BCUT2D eigenvalue weighted by atomic mass is 10.0. The predicted molar refractivity (Wildman–Crippen MR) is 117 cm³/mol. The van der Waals surface area contributed by atoms with Crippen LogP contribution in [0.2, 0.25) is 5.28 Å². The van der Waals surface area contributed by atoms with Gasteiger partial charge in [0.15, 0.2) is 0 Å². The molecule has 2 N–H and O–H groups in total. The summed E-state index contributed by atoms with van der Waals surface area (Å²) in [6.45, 7) is 5.78. The molecule has 2 fully saturated rings. The number of alkyl halides is 3. The second-order valence-electron chi connectivity index (χ2n) is 8.98. The van der Waals surface area contributed by atoms with Crippen LogP contribution in [-0.4, -0.2) is 52.0 Å². The minimum absolute atomic E-state index is 0.0311. The Morgan fingerprint density at radius 3 is 2.61 bits per heavy atom. The van der Waals surface area contributed by atoms with Crippen molar-refractivity contribution in [1.82, 2.24) is 25.1 Å². The number of halogens is 4. The van der Waals surface area contributed by atoms with Gasteiger partial charge in [-0.2, -0.15) is 13.2 Å². The Morgan fingerprint density at radius 2 is 1.91 bits per heavy atom. The van der Waals surface area contributed by atoms with Gasteiger partial charge in [-0.25, -0.2) is 14.8 Å². The first-order chi connectivity index (χ1) is 15.7. The van der Waals surface area contributed by atoms with Crippen LogP contribution in [-0.2, 0) is 19.3 Å². The van der Waals surface area contributed by atoms with Gasteiger partial charge in [-0.15, -0.1) is 0 Å². The number of hydrogen-bond donors (Lipinski definition) is 2. The number of amides is 2. The van der Waals surface area contributed by atoms with Crippen molar-refractivity contribution >= 4 is 23.4 Å². The van der Waals surface area contributed by atoms with Crippen molar-refractivity contribution < 1.29 is 18.0 Å². The van der Waals surface area contributed by atoms with E-state index in [2.05, 4.69) is 20.6 Å². The van der Waals surface area contributed by atoms with E-state index in [1.54, 1.807) is 17.9 Å². The highest BCUT2D eigenvalue weighted by atomic mass is 35.5. The Kier molecular flexibility index (Phi) is 5.60. The Bertz CT molecular complexity index is 1070. The molecule has 5 rings (SSSR count). The maximum absolute atomic E-state index is 13.1. The maximum atomic E-state index is 13.1. The summed E-state index contributed by atoms with van der Waals surface area (Å²) in [6.07, 6.45) is -4.42. The molecular weight excluding hydrogens is 457 g/mol. The zero-order valence-corrected chi connectivity index (χ0v) is 18.7. The normalized spacial score (nSPS) is 22.9. The number of likely N-dealkylation sites (tertiary alicyclic amines) is 1. The van der Waals surface area contributed by atoms with Crippen LogP contribution < -0.4 is 10.6 Å². The van der Waals surface area contributed by atoms with Gasteiger partial charge in [-0.1, -0.05) is 12.1 Å². The Morgan fingerprint density at radius 1 is 1.18 bits per heavy atom. The minimum atomic E-state index is -4.42. The van der Waals surface area contributed by atoms with Crippen LogP contribution in [0.15, 0.2) is 24.3 Å². The molecule has 4 heterocycles. The summed E-state index contributed by atoms with van der Waals surface area (Å²) in [6, 6.07) is 4.69. The maximum Gasteiger partial charge on any atom is 0.416 e. The van der Waals surface area contributed by atoms with Crippen LogP contribution >= 0.6 is 11.6 Å². The van der Waals surface area contributed by atoms with E-state index in [1.165, 1.54) is 6.07 Å². The molecule has 2 saturated heterocycles. The van der Waals surface area contributed by atoms with Gasteiger partial charge in [0.25, 0.3) is 0 Å². The lowest BCUT2D eigenvalue weighted by Gasteiger charge is -2.24. The largest absolute Gasteiger partial charge is 0.416 e. The van der Waals surface area contributed by atoms with E-state index in [0.29, 0.717) is 42.0 Å². The Labute approximate surface area is 194 Å². The molecule has 11 heteroatoms. The van der Waals surface area contributed by atoms with Gasteiger partial charge in [0, 0.05) is 37.8 Å². The molecule has 0 saturated carbocycles. The molecule has 0 bridgehead atoms. The fourth-order valence-corrected chi connectivity index (χ4v) is 5.15. The summed E-state index contributed by atoms with van der Waals surface area (Å²) in [4.78, 5) is 25.3. The fraction of sp³-hybridized carbons (Fsp3) is 0.500. The summed E-state index contributed by atoms with van der Waals surface area (Å²) in [5, 5.41) is 6.58. The van der Waals surface area contributed by atoms with Crippen LogP contribution in [0.1, 0.15) is 35.3 Å². The summed E-state index contributed by atoms with van der Waals surface area (Å²) in [7, 11) is 0. The first kappa shape index (κ1) is 22.2. The van der Waals surface area contributed by atoms with Gasteiger partial charge in [0.05, 0.1) is 24.3 Å². The number of nitrogens with zero attached hydrogens (tertiary/aromatic N) is 4. The zero-order valence-electron chi connectivity index (χ0n) is 18.0. The first-order valence-electron chi connectivity index (χ1n) is 10.9. The molecule has 3 aliphatic rings. The molecule has 0 radical (unpaired) electrons. The van der Waals surface area contributed by atoms with Gasteiger partial charge in [-0.05, 0) is 48.1 Å². The molecule has 0 spiro atoms. The van der Waals surface area contributed by atoms with Crippen LogP contribution in [0.3, 0.4) is 0 Å². The van der Waals surface area contributed by atoms with E-state index in [4.69, 9.17) is 11.6 Å². The molecule has 33 heavy (non-hydrogen) atoms.